The fourth-order valence-electron chi connectivity index (χ4n) is 9.39. The summed E-state index contributed by atoms with van der Waals surface area (Å²) in [7, 11) is 0. The van der Waals surface area contributed by atoms with Gasteiger partial charge in [-0.2, -0.15) is 11.3 Å². The molecule has 0 atom stereocenters. The van der Waals surface area contributed by atoms with E-state index >= 15 is 0 Å². The number of nitrogens with zero attached hydrogens (tertiary/aromatic N) is 3. The van der Waals surface area contributed by atoms with Crippen LogP contribution in [0.3, 0.4) is 0 Å². The minimum atomic E-state index is 0.0713. The van der Waals surface area contributed by atoms with Crippen LogP contribution >= 0.6 is 11.3 Å². The third-order valence-electron chi connectivity index (χ3n) is 12.3. The minimum absolute atomic E-state index is 0.0713. The van der Waals surface area contributed by atoms with Crippen LogP contribution < -0.4 is 30.4 Å². The summed E-state index contributed by atoms with van der Waals surface area (Å²) in [6.45, 7) is 13.9. The molecule has 5 heteroatoms. The molecule has 6 aromatic carbocycles. The first-order valence-electron chi connectivity index (χ1n) is 20.7. The van der Waals surface area contributed by atoms with Crippen molar-refractivity contribution in [2.24, 2.45) is 0 Å². The molecule has 3 nitrogen and oxygen atoms in total. The molecule has 3 heterocycles. The Balaban J connectivity index is 1.21. The lowest BCUT2D eigenvalue weighted by Crippen LogP contribution is -2.60. The van der Waals surface area contributed by atoms with Crippen molar-refractivity contribution in [3.8, 4) is 0 Å². The van der Waals surface area contributed by atoms with Gasteiger partial charge < -0.3 is 14.7 Å². The van der Waals surface area contributed by atoms with Gasteiger partial charge in [-0.25, -0.2) is 0 Å². The van der Waals surface area contributed by atoms with E-state index < -0.39 is 0 Å². The molecule has 0 bridgehead atoms. The second-order valence-corrected chi connectivity index (χ2v) is 19.2. The van der Waals surface area contributed by atoms with Crippen LogP contribution in [0.15, 0.2) is 146 Å². The van der Waals surface area contributed by atoms with E-state index in [0.29, 0.717) is 0 Å². The molecule has 0 radical (unpaired) electrons. The Morgan fingerprint density at radius 2 is 1.05 bits per heavy atom. The third kappa shape index (κ3) is 6.01. The molecular weight excluding hydrogens is 709 g/mol. The second kappa shape index (κ2) is 13.6. The number of hydrogen-bond acceptors (Lipinski definition) is 4. The van der Waals surface area contributed by atoms with Crippen LogP contribution in [0.1, 0.15) is 76.0 Å². The lowest BCUT2D eigenvalue weighted by molar-refractivity contribution is 0.590. The van der Waals surface area contributed by atoms with Crippen LogP contribution in [0.4, 0.5) is 51.2 Å². The van der Waals surface area contributed by atoms with Gasteiger partial charge in [0.25, 0.3) is 6.71 Å². The van der Waals surface area contributed by atoms with E-state index in [1.807, 2.05) is 0 Å². The highest BCUT2D eigenvalue weighted by atomic mass is 32.1. The predicted octanol–water partition coefficient (Wildman–Crippen LogP) is 12.8. The number of hydrogen-bond donors (Lipinski definition) is 0. The van der Waals surface area contributed by atoms with Crippen LogP contribution in [0.5, 0.6) is 0 Å². The molecular formula is C52H50BN3S. The van der Waals surface area contributed by atoms with Gasteiger partial charge in [-0.05, 0) is 137 Å². The van der Waals surface area contributed by atoms with Gasteiger partial charge in [0.15, 0.2) is 0 Å². The summed E-state index contributed by atoms with van der Waals surface area (Å²) in [5.74, 6) is 0. The molecule has 3 aliphatic rings. The van der Waals surface area contributed by atoms with Gasteiger partial charge in [0.1, 0.15) is 0 Å². The molecule has 0 fully saturated rings. The van der Waals surface area contributed by atoms with Crippen molar-refractivity contribution >= 4 is 84.9 Å². The Bertz CT molecular complexity index is 2540. The highest BCUT2D eigenvalue weighted by molar-refractivity contribution is 7.29. The first-order chi connectivity index (χ1) is 27.6. The molecule has 7 aromatic rings. The summed E-state index contributed by atoms with van der Waals surface area (Å²) in [5.41, 5.74) is 18.2. The molecule has 0 saturated heterocycles. The van der Waals surface area contributed by atoms with Crippen LogP contribution in [-0.2, 0) is 23.7 Å². The van der Waals surface area contributed by atoms with Crippen molar-refractivity contribution in [1.82, 2.24) is 0 Å². The van der Waals surface area contributed by atoms with E-state index in [1.165, 1.54) is 80.2 Å². The lowest BCUT2D eigenvalue weighted by Gasteiger charge is -2.43. The molecule has 0 unspecified atom stereocenters. The second-order valence-electron chi connectivity index (χ2n) is 18.1. The van der Waals surface area contributed by atoms with E-state index in [9.17, 15) is 0 Å². The maximum atomic E-state index is 2.60. The molecule has 0 saturated carbocycles. The summed E-state index contributed by atoms with van der Waals surface area (Å²) in [4.78, 5) is 9.15. The Labute approximate surface area is 343 Å². The molecule has 0 N–H and O–H groups in total. The van der Waals surface area contributed by atoms with Crippen molar-refractivity contribution in [3.05, 3.63) is 167 Å². The van der Waals surface area contributed by atoms with E-state index in [1.54, 1.807) is 10.4 Å². The average molecular weight is 760 g/mol. The SMILES string of the molecule is CC(C)(C)c1ccc(N(c2ccc(C(C)(C)C)cc2)c2ccc3c(c2)N(c2ccccc2)c2cccc4c2B3c2sc3c(c2N4c2ccccc2)CCCC3)cc1. The Morgan fingerprint density at radius 1 is 0.526 bits per heavy atom. The molecule has 2 aliphatic heterocycles. The summed E-state index contributed by atoms with van der Waals surface area (Å²) in [6, 6.07) is 54.7. The van der Waals surface area contributed by atoms with E-state index in [4.69, 9.17) is 0 Å². The third-order valence-corrected chi connectivity index (χ3v) is 13.7. The number of rotatable bonds is 5. The molecule has 0 spiro atoms. The highest BCUT2D eigenvalue weighted by Gasteiger charge is 2.46. The van der Waals surface area contributed by atoms with Crippen molar-refractivity contribution < 1.29 is 0 Å². The molecule has 57 heavy (non-hydrogen) atoms. The van der Waals surface area contributed by atoms with E-state index in [2.05, 4.69) is 213 Å². The van der Waals surface area contributed by atoms with E-state index in [0.717, 1.165) is 23.5 Å². The van der Waals surface area contributed by atoms with Crippen molar-refractivity contribution in [3.63, 3.8) is 0 Å². The minimum Gasteiger partial charge on any atom is -0.311 e. The zero-order valence-corrected chi connectivity index (χ0v) is 34.8. The number of anilines is 9. The molecule has 1 aromatic heterocycles. The van der Waals surface area contributed by atoms with Crippen molar-refractivity contribution in [2.45, 2.75) is 78.1 Å². The van der Waals surface area contributed by atoms with Crippen molar-refractivity contribution in [1.29, 1.82) is 0 Å². The molecule has 10 rings (SSSR count). The maximum absolute atomic E-state index is 2.60. The lowest BCUT2D eigenvalue weighted by atomic mass is 9.36. The van der Waals surface area contributed by atoms with Gasteiger partial charge in [-0.3, -0.25) is 0 Å². The summed E-state index contributed by atoms with van der Waals surface area (Å²) in [5, 5.41) is 0. The Hall–Kier alpha value is -5.52. The zero-order chi connectivity index (χ0) is 39.1. The van der Waals surface area contributed by atoms with Gasteiger partial charge >= 0.3 is 0 Å². The van der Waals surface area contributed by atoms with Crippen LogP contribution in [-0.4, -0.2) is 6.71 Å². The summed E-state index contributed by atoms with van der Waals surface area (Å²) < 4.78 is 1.49. The van der Waals surface area contributed by atoms with E-state index in [-0.39, 0.29) is 17.5 Å². The number of benzene rings is 6. The summed E-state index contributed by atoms with van der Waals surface area (Å²) in [6.07, 6.45) is 4.84. The van der Waals surface area contributed by atoms with Gasteiger partial charge in [0, 0.05) is 55.2 Å². The first kappa shape index (κ1) is 35.9. The zero-order valence-electron chi connectivity index (χ0n) is 34.0. The standard InChI is InChI=1S/C52H50BN3S/c1-51(2,3)35-24-28-39(29-25-35)54(40-30-26-36(27-31-40)52(4,5)6)41-32-33-43-46(34-41)55(37-16-9-7-10-17-37)44-21-15-22-45-48(44)53(43)50-49(42-20-13-14-23-47(42)57-50)56(45)38-18-11-8-12-19-38/h7-12,15-19,21-22,24-34H,13-14,20,23H2,1-6H3. The highest BCUT2D eigenvalue weighted by Crippen LogP contribution is 2.49. The Morgan fingerprint density at radius 3 is 1.63 bits per heavy atom. The van der Waals surface area contributed by atoms with Gasteiger partial charge in [0.2, 0.25) is 0 Å². The largest absolute Gasteiger partial charge is 0.311 e. The number of para-hydroxylation sites is 2. The Kier molecular flexibility index (Phi) is 8.53. The predicted molar refractivity (Wildman–Crippen MR) is 247 cm³/mol. The number of aryl methyl sites for hydroxylation is 1. The van der Waals surface area contributed by atoms with Gasteiger partial charge in [0.05, 0.1) is 5.69 Å². The van der Waals surface area contributed by atoms with Gasteiger partial charge in [-0.1, -0.05) is 114 Å². The van der Waals surface area contributed by atoms with Crippen molar-refractivity contribution in [2.75, 3.05) is 14.7 Å². The summed E-state index contributed by atoms with van der Waals surface area (Å²) >= 11 is 2.08. The van der Waals surface area contributed by atoms with Crippen LogP contribution in [0.2, 0.25) is 0 Å². The first-order valence-corrected chi connectivity index (χ1v) is 21.5. The maximum Gasteiger partial charge on any atom is 0.264 e. The quantitative estimate of drug-likeness (QED) is 0.162. The topological polar surface area (TPSA) is 9.72 Å². The number of thiophene rings is 1. The fraction of sp³-hybridized carbons (Fsp3) is 0.231. The molecule has 0 amide bonds. The molecule has 1 aliphatic carbocycles. The van der Waals surface area contributed by atoms with Crippen LogP contribution in [0.25, 0.3) is 0 Å². The number of fused-ring (bicyclic) bond motifs is 6. The molecule has 282 valence electrons. The average Bonchev–Trinajstić information content (AvgIpc) is 3.60. The van der Waals surface area contributed by atoms with Crippen LogP contribution in [0, 0.1) is 0 Å². The monoisotopic (exact) mass is 759 g/mol. The smallest absolute Gasteiger partial charge is 0.264 e. The fourth-order valence-corrected chi connectivity index (χ4v) is 10.9. The normalized spacial score (nSPS) is 14.5. The van der Waals surface area contributed by atoms with Gasteiger partial charge in [-0.15, -0.1) is 0 Å².